The highest BCUT2D eigenvalue weighted by Gasteiger charge is 2.10. The number of amides is 1. The van der Waals surface area contributed by atoms with E-state index in [2.05, 4.69) is 15.5 Å². The Morgan fingerprint density at radius 3 is 2.70 bits per heavy atom. The molecule has 0 aliphatic heterocycles. The minimum atomic E-state index is -0.181. The van der Waals surface area contributed by atoms with E-state index >= 15 is 0 Å². The molecule has 0 bridgehead atoms. The number of aromatic nitrogens is 2. The fourth-order valence-electron chi connectivity index (χ4n) is 2.31. The van der Waals surface area contributed by atoms with Gasteiger partial charge in [0, 0.05) is 17.1 Å². The highest BCUT2D eigenvalue weighted by atomic mass is 35.5. The molecule has 1 amide bonds. The van der Waals surface area contributed by atoms with E-state index in [-0.39, 0.29) is 5.91 Å². The van der Waals surface area contributed by atoms with E-state index in [0.717, 1.165) is 11.1 Å². The van der Waals surface area contributed by atoms with Crippen LogP contribution < -0.4 is 5.32 Å². The Labute approximate surface area is 139 Å². The Balaban J connectivity index is 1.67. The number of hydrogen-bond donors (Lipinski definition) is 2. The molecule has 0 atom stereocenters. The third kappa shape index (κ3) is 3.79. The van der Waals surface area contributed by atoms with Crippen molar-refractivity contribution in [1.82, 2.24) is 15.5 Å². The lowest BCUT2D eigenvalue weighted by Crippen LogP contribution is -2.23. The van der Waals surface area contributed by atoms with Crippen LogP contribution in [0.4, 0.5) is 0 Å². The fourth-order valence-corrected chi connectivity index (χ4v) is 2.43. The molecule has 2 aromatic carbocycles. The first-order chi connectivity index (χ1) is 11.1. The lowest BCUT2D eigenvalue weighted by molar-refractivity contribution is 0.0946. The average molecular weight is 326 g/mol. The van der Waals surface area contributed by atoms with Crippen molar-refractivity contribution in [3.63, 3.8) is 0 Å². The number of carbonyl (C=O) groups is 1. The van der Waals surface area contributed by atoms with Crippen molar-refractivity contribution in [1.29, 1.82) is 0 Å². The molecule has 5 heteroatoms. The van der Waals surface area contributed by atoms with Gasteiger partial charge in [-0.05, 0) is 30.7 Å². The Morgan fingerprint density at radius 1 is 1.17 bits per heavy atom. The summed E-state index contributed by atoms with van der Waals surface area (Å²) >= 11 is 5.87. The Kier molecular flexibility index (Phi) is 4.44. The summed E-state index contributed by atoms with van der Waals surface area (Å²) in [6.45, 7) is 2.51. The van der Waals surface area contributed by atoms with Gasteiger partial charge in [0.1, 0.15) is 5.69 Å². The van der Waals surface area contributed by atoms with Gasteiger partial charge in [-0.15, -0.1) is 0 Å². The lowest BCUT2D eigenvalue weighted by Gasteiger charge is -2.04. The van der Waals surface area contributed by atoms with E-state index in [9.17, 15) is 4.79 Å². The Bertz CT molecular complexity index is 824. The van der Waals surface area contributed by atoms with Gasteiger partial charge < -0.3 is 5.32 Å². The van der Waals surface area contributed by atoms with Crippen LogP contribution in [0.5, 0.6) is 0 Å². The summed E-state index contributed by atoms with van der Waals surface area (Å²) in [5.74, 6) is -0.181. The highest BCUT2D eigenvalue weighted by molar-refractivity contribution is 6.30. The molecular weight excluding hydrogens is 310 g/mol. The molecule has 0 unspecified atom stereocenters. The summed E-state index contributed by atoms with van der Waals surface area (Å²) in [5, 5.41) is 10.5. The van der Waals surface area contributed by atoms with Crippen LogP contribution in [-0.2, 0) is 6.54 Å². The number of aromatic amines is 1. The number of hydrogen-bond acceptors (Lipinski definition) is 2. The standard InChI is InChI=1S/C18H16ClN3O/c1-12-3-2-4-13(9-12)11-20-18(23)17-10-16(21-22-17)14-5-7-15(19)8-6-14/h2-10H,11H2,1H3,(H,20,23)(H,21,22). The van der Waals surface area contributed by atoms with Gasteiger partial charge in [-0.25, -0.2) is 0 Å². The maximum Gasteiger partial charge on any atom is 0.269 e. The summed E-state index contributed by atoms with van der Waals surface area (Å²) in [4.78, 5) is 12.2. The average Bonchev–Trinajstić information content (AvgIpc) is 3.03. The van der Waals surface area contributed by atoms with Crippen LogP contribution in [-0.4, -0.2) is 16.1 Å². The van der Waals surface area contributed by atoms with Crippen LogP contribution in [0, 0.1) is 6.92 Å². The molecule has 1 heterocycles. The molecule has 116 valence electrons. The normalized spacial score (nSPS) is 10.5. The first kappa shape index (κ1) is 15.3. The minimum absolute atomic E-state index is 0.181. The smallest absolute Gasteiger partial charge is 0.269 e. The van der Waals surface area contributed by atoms with Crippen molar-refractivity contribution in [2.24, 2.45) is 0 Å². The van der Waals surface area contributed by atoms with E-state index < -0.39 is 0 Å². The van der Waals surface area contributed by atoms with E-state index in [1.807, 2.05) is 43.3 Å². The molecule has 23 heavy (non-hydrogen) atoms. The second kappa shape index (κ2) is 6.67. The SMILES string of the molecule is Cc1cccc(CNC(=O)c2cc(-c3ccc(Cl)cc3)n[nH]2)c1. The van der Waals surface area contributed by atoms with Gasteiger partial charge in [-0.1, -0.05) is 53.6 Å². The molecule has 1 aromatic heterocycles. The van der Waals surface area contributed by atoms with Crippen LogP contribution in [0.25, 0.3) is 11.3 Å². The summed E-state index contributed by atoms with van der Waals surface area (Å²) in [7, 11) is 0. The van der Waals surface area contributed by atoms with Gasteiger partial charge >= 0.3 is 0 Å². The van der Waals surface area contributed by atoms with Crippen molar-refractivity contribution in [3.8, 4) is 11.3 Å². The quantitative estimate of drug-likeness (QED) is 0.762. The molecule has 0 saturated carbocycles. The summed E-state index contributed by atoms with van der Waals surface area (Å²) < 4.78 is 0. The van der Waals surface area contributed by atoms with Crippen LogP contribution >= 0.6 is 11.6 Å². The Hall–Kier alpha value is -2.59. The molecule has 4 nitrogen and oxygen atoms in total. The van der Waals surface area contributed by atoms with E-state index in [1.165, 1.54) is 5.56 Å². The molecule has 0 aliphatic rings. The van der Waals surface area contributed by atoms with Gasteiger partial charge in [0.15, 0.2) is 0 Å². The van der Waals surface area contributed by atoms with E-state index in [1.54, 1.807) is 18.2 Å². The van der Waals surface area contributed by atoms with Crippen molar-refractivity contribution < 1.29 is 4.79 Å². The molecule has 3 rings (SSSR count). The zero-order chi connectivity index (χ0) is 16.2. The monoisotopic (exact) mass is 325 g/mol. The molecular formula is C18H16ClN3O. The number of benzene rings is 2. The second-order valence-electron chi connectivity index (χ2n) is 5.35. The molecule has 0 radical (unpaired) electrons. The van der Waals surface area contributed by atoms with Crippen LogP contribution in [0.1, 0.15) is 21.6 Å². The lowest BCUT2D eigenvalue weighted by atomic mass is 10.1. The maximum absolute atomic E-state index is 12.2. The maximum atomic E-state index is 12.2. The zero-order valence-electron chi connectivity index (χ0n) is 12.6. The van der Waals surface area contributed by atoms with E-state index in [4.69, 9.17) is 11.6 Å². The zero-order valence-corrected chi connectivity index (χ0v) is 13.4. The number of nitrogens with zero attached hydrogens (tertiary/aromatic N) is 1. The van der Waals surface area contributed by atoms with Crippen molar-refractivity contribution in [2.75, 3.05) is 0 Å². The summed E-state index contributed by atoms with van der Waals surface area (Å²) in [5.41, 5.74) is 4.28. The van der Waals surface area contributed by atoms with Gasteiger partial charge in [0.2, 0.25) is 0 Å². The molecule has 3 aromatic rings. The third-order valence-electron chi connectivity index (χ3n) is 3.50. The molecule has 0 aliphatic carbocycles. The molecule has 0 fully saturated rings. The topological polar surface area (TPSA) is 57.8 Å². The molecule has 0 saturated heterocycles. The van der Waals surface area contributed by atoms with Crippen molar-refractivity contribution >= 4 is 17.5 Å². The van der Waals surface area contributed by atoms with Crippen LogP contribution in [0.15, 0.2) is 54.6 Å². The number of nitrogens with one attached hydrogen (secondary N) is 2. The molecule has 0 spiro atoms. The largest absolute Gasteiger partial charge is 0.347 e. The second-order valence-corrected chi connectivity index (χ2v) is 5.78. The molecule has 2 N–H and O–H groups in total. The Morgan fingerprint density at radius 2 is 1.96 bits per heavy atom. The fraction of sp³-hybridized carbons (Fsp3) is 0.111. The van der Waals surface area contributed by atoms with Crippen LogP contribution in [0.2, 0.25) is 5.02 Å². The number of rotatable bonds is 4. The van der Waals surface area contributed by atoms with Crippen LogP contribution in [0.3, 0.4) is 0 Å². The van der Waals surface area contributed by atoms with Crippen molar-refractivity contribution in [2.45, 2.75) is 13.5 Å². The third-order valence-corrected chi connectivity index (χ3v) is 3.75. The van der Waals surface area contributed by atoms with Crippen molar-refractivity contribution in [3.05, 3.63) is 76.4 Å². The summed E-state index contributed by atoms with van der Waals surface area (Å²) in [6, 6.07) is 17.1. The minimum Gasteiger partial charge on any atom is -0.347 e. The number of halogens is 1. The number of aryl methyl sites for hydroxylation is 1. The first-order valence-electron chi connectivity index (χ1n) is 7.27. The van der Waals surface area contributed by atoms with Gasteiger partial charge in [-0.3, -0.25) is 9.89 Å². The number of carbonyl (C=O) groups excluding carboxylic acids is 1. The highest BCUT2D eigenvalue weighted by Crippen LogP contribution is 2.20. The van der Waals surface area contributed by atoms with Gasteiger partial charge in [-0.2, -0.15) is 5.10 Å². The first-order valence-corrected chi connectivity index (χ1v) is 7.65. The van der Waals surface area contributed by atoms with Gasteiger partial charge in [0.05, 0.1) is 5.69 Å². The predicted molar refractivity (Wildman–Crippen MR) is 91.4 cm³/mol. The predicted octanol–water partition coefficient (Wildman–Crippen LogP) is 3.97. The summed E-state index contributed by atoms with van der Waals surface area (Å²) in [6.07, 6.45) is 0. The van der Waals surface area contributed by atoms with E-state index in [0.29, 0.717) is 23.0 Å². The number of H-pyrrole nitrogens is 1. The van der Waals surface area contributed by atoms with Gasteiger partial charge in [0.25, 0.3) is 5.91 Å².